The fourth-order valence-electron chi connectivity index (χ4n) is 1.56. The van der Waals surface area contributed by atoms with E-state index >= 15 is 0 Å². The number of hydrogen-bond donors (Lipinski definition) is 0. The summed E-state index contributed by atoms with van der Waals surface area (Å²) in [6, 6.07) is 9.39. The van der Waals surface area contributed by atoms with Gasteiger partial charge in [0, 0.05) is 16.6 Å². The maximum absolute atomic E-state index is 13.5. The maximum atomic E-state index is 13.5. The number of benzene rings is 2. The van der Waals surface area contributed by atoms with E-state index < -0.39 is 10.7 Å². The molecule has 0 heterocycles. The third kappa shape index (κ3) is 3.55. The maximum Gasteiger partial charge on any atom is 0.312 e. The van der Waals surface area contributed by atoms with Gasteiger partial charge in [-0.15, -0.1) is 0 Å². The molecule has 0 aliphatic carbocycles. The van der Waals surface area contributed by atoms with Crippen LogP contribution in [-0.4, -0.2) is 4.92 Å². The van der Waals surface area contributed by atoms with Crippen LogP contribution in [0.1, 0.15) is 5.56 Å². The van der Waals surface area contributed by atoms with Gasteiger partial charge in [0.2, 0.25) is 0 Å². The Labute approximate surface area is 131 Å². The Hall–Kier alpha value is -1.47. The summed E-state index contributed by atoms with van der Waals surface area (Å²) >= 11 is 6.23. The summed E-state index contributed by atoms with van der Waals surface area (Å²) in [6.07, 6.45) is 0. The van der Waals surface area contributed by atoms with Crippen molar-refractivity contribution in [3.05, 3.63) is 66.8 Å². The molecule has 0 bridgehead atoms. The molecule has 2 aromatic rings. The number of nitro benzene ring substituents is 1. The third-order valence-corrected chi connectivity index (χ3v) is 3.58. The molecule has 0 saturated heterocycles. The Kier molecular flexibility index (Phi) is 4.72. The number of nitrogens with zero attached hydrogens (tertiary/aromatic N) is 1. The van der Waals surface area contributed by atoms with E-state index in [0.717, 1.165) is 22.2 Å². The van der Waals surface area contributed by atoms with E-state index in [1.165, 1.54) is 0 Å². The van der Waals surface area contributed by atoms with E-state index in [4.69, 9.17) is 4.74 Å². The standard InChI is InChI=1S/C13H8Br2FNO3/c14-9-3-1-2-8(4-9)7-20-13-6-11(16)10(15)5-12(13)17(18)19/h1-6H,7H2. The lowest BCUT2D eigenvalue weighted by Gasteiger charge is -2.08. The van der Waals surface area contributed by atoms with E-state index in [2.05, 4.69) is 31.9 Å². The van der Waals surface area contributed by atoms with Crippen molar-refractivity contribution in [3.8, 4) is 5.75 Å². The molecule has 0 N–H and O–H groups in total. The van der Waals surface area contributed by atoms with Crippen molar-refractivity contribution in [2.45, 2.75) is 6.61 Å². The van der Waals surface area contributed by atoms with Crippen LogP contribution in [0, 0.1) is 15.9 Å². The SMILES string of the molecule is O=[N+]([O-])c1cc(Br)c(F)cc1OCc1cccc(Br)c1. The Balaban J connectivity index is 2.24. The predicted octanol–water partition coefficient (Wildman–Crippen LogP) is 4.84. The molecular formula is C13H8Br2FNO3. The first-order valence-corrected chi connectivity index (χ1v) is 7.06. The van der Waals surface area contributed by atoms with Crippen molar-refractivity contribution in [2.24, 2.45) is 0 Å². The first kappa shape index (κ1) is 14.9. The normalized spacial score (nSPS) is 10.3. The van der Waals surface area contributed by atoms with Crippen LogP contribution in [0.4, 0.5) is 10.1 Å². The van der Waals surface area contributed by atoms with E-state index in [1.54, 1.807) is 0 Å². The lowest BCUT2D eigenvalue weighted by molar-refractivity contribution is -0.386. The molecule has 0 fully saturated rings. The van der Waals surface area contributed by atoms with Crippen LogP contribution in [0.25, 0.3) is 0 Å². The van der Waals surface area contributed by atoms with Crippen LogP contribution in [-0.2, 0) is 6.61 Å². The van der Waals surface area contributed by atoms with Crippen LogP contribution in [0.15, 0.2) is 45.3 Å². The predicted molar refractivity (Wildman–Crippen MR) is 79.2 cm³/mol. The number of halogens is 3. The Morgan fingerprint density at radius 1 is 1.25 bits per heavy atom. The first-order valence-electron chi connectivity index (χ1n) is 5.48. The van der Waals surface area contributed by atoms with Gasteiger partial charge in [0.15, 0.2) is 5.75 Å². The minimum Gasteiger partial charge on any atom is -0.482 e. The molecule has 2 aromatic carbocycles. The fraction of sp³-hybridized carbons (Fsp3) is 0.0769. The summed E-state index contributed by atoms with van der Waals surface area (Å²) in [7, 11) is 0. The van der Waals surface area contributed by atoms with Crippen LogP contribution in [0.2, 0.25) is 0 Å². The van der Waals surface area contributed by atoms with Crippen LogP contribution in [0.5, 0.6) is 5.75 Å². The second-order valence-corrected chi connectivity index (χ2v) is 5.68. The quantitative estimate of drug-likeness (QED) is 0.541. The molecular weight excluding hydrogens is 397 g/mol. The average molecular weight is 405 g/mol. The zero-order valence-corrected chi connectivity index (χ0v) is 13.1. The minimum absolute atomic E-state index is 0.0269. The Morgan fingerprint density at radius 2 is 2.00 bits per heavy atom. The molecule has 2 rings (SSSR count). The summed E-state index contributed by atoms with van der Waals surface area (Å²) in [5.74, 6) is -0.712. The number of ether oxygens (including phenoxy) is 1. The second kappa shape index (κ2) is 6.32. The molecule has 0 radical (unpaired) electrons. The Bertz CT molecular complexity index is 664. The second-order valence-electron chi connectivity index (χ2n) is 3.91. The summed E-state index contributed by atoms with van der Waals surface area (Å²) in [6.45, 7) is 0.112. The van der Waals surface area contributed by atoms with Gasteiger partial charge >= 0.3 is 5.69 Å². The zero-order valence-electron chi connectivity index (χ0n) is 9.98. The molecule has 4 nitrogen and oxygen atoms in total. The fourth-order valence-corrected chi connectivity index (χ4v) is 2.34. The highest BCUT2D eigenvalue weighted by molar-refractivity contribution is 9.10. The molecule has 0 aliphatic heterocycles. The van der Waals surface area contributed by atoms with Gasteiger partial charge in [0.05, 0.1) is 9.40 Å². The summed E-state index contributed by atoms with van der Waals surface area (Å²) in [5.41, 5.74) is 0.533. The van der Waals surface area contributed by atoms with Gasteiger partial charge in [-0.3, -0.25) is 10.1 Å². The van der Waals surface area contributed by atoms with Gasteiger partial charge in [-0.1, -0.05) is 28.1 Å². The summed E-state index contributed by atoms with van der Waals surface area (Å²) < 4.78 is 19.7. The molecule has 0 unspecified atom stereocenters. The van der Waals surface area contributed by atoms with Gasteiger partial charge < -0.3 is 4.74 Å². The summed E-state index contributed by atoms with van der Waals surface area (Å²) in [5, 5.41) is 10.9. The number of rotatable bonds is 4. The highest BCUT2D eigenvalue weighted by atomic mass is 79.9. The highest BCUT2D eigenvalue weighted by Crippen LogP contribution is 2.33. The molecule has 0 saturated carbocycles. The molecule has 20 heavy (non-hydrogen) atoms. The lowest BCUT2D eigenvalue weighted by atomic mass is 10.2. The minimum atomic E-state index is -0.611. The lowest BCUT2D eigenvalue weighted by Crippen LogP contribution is -2.00. The van der Waals surface area contributed by atoms with Crippen molar-refractivity contribution in [3.63, 3.8) is 0 Å². The highest BCUT2D eigenvalue weighted by Gasteiger charge is 2.19. The zero-order chi connectivity index (χ0) is 14.7. The van der Waals surface area contributed by atoms with Gasteiger partial charge in [0.1, 0.15) is 12.4 Å². The Morgan fingerprint density at radius 3 is 2.65 bits per heavy atom. The smallest absolute Gasteiger partial charge is 0.312 e. The summed E-state index contributed by atoms with van der Waals surface area (Å²) in [4.78, 5) is 10.3. The molecule has 0 amide bonds. The monoisotopic (exact) mass is 403 g/mol. The van der Waals surface area contributed by atoms with E-state index in [0.29, 0.717) is 0 Å². The van der Waals surface area contributed by atoms with Gasteiger partial charge in [-0.25, -0.2) is 4.39 Å². The van der Waals surface area contributed by atoms with Gasteiger partial charge in [-0.05, 0) is 33.6 Å². The topological polar surface area (TPSA) is 52.4 Å². The van der Waals surface area contributed by atoms with Crippen molar-refractivity contribution < 1.29 is 14.1 Å². The largest absolute Gasteiger partial charge is 0.482 e. The molecule has 0 aromatic heterocycles. The molecule has 0 spiro atoms. The van der Waals surface area contributed by atoms with Crippen LogP contribution < -0.4 is 4.74 Å². The number of nitro groups is 1. The number of hydrogen-bond acceptors (Lipinski definition) is 3. The van der Waals surface area contributed by atoms with Crippen molar-refractivity contribution in [1.82, 2.24) is 0 Å². The third-order valence-electron chi connectivity index (χ3n) is 2.48. The van der Waals surface area contributed by atoms with Crippen LogP contribution >= 0.6 is 31.9 Å². The van der Waals surface area contributed by atoms with E-state index in [-0.39, 0.29) is 22.5 Å². The van der Waals surface area contributed by atoms with Crippen molar-refractivity contribution in [1.29, 1.82) is 0 Å². The van der Waals surface area contributed by atoms with Crippen LogP contribution in [0.3, 0.4) is 0 Å². The molecule has 0 aliphatic rings. The average Bonchev–Trinajstić information content (AvgIpc) is 2.39. The van der Waals surface area contributed by atoms with Gasteiger partial charge in [0.25, 0.3) is 0 Å². The molecule has 104 valence electrons. The molecule has 7 heteroatoms. The van der Waals surface area contributed by atoms with E-state index in [1.807, 2.05) is 24.3 Å². The van der Waals surface area contributed by atoms with Crippen molar-refractivity contribution >= 4 is 37.5 Å². The molecule has 0 atom stereocenters. The first-order chi connectivity index (χ1) is 9.47. The van der Waals surface area contributed by atoms with E-state index in [9.17, 15) is 14.5 Å². The van der Waals surface area contributed by atoms with Crippen molar-refractivity contribution in [2.75, 3.05) is 0 Å². The van der Waals surface area contributed by atoms with Gasteiger partial charge in [-0.2, -0.15) is 0 Å².